The number of nitrogens with one attached hydrogen (secondary N) is 3. The Balaban J connectivity index is 1.47. The van der Waals surface area contributed by atoms with Crippen molar-refractivity contribution in [2.75, 3.05) is 33.2 Å². The van der Waals surface area contributed by atoms with Crippen LogP contribution in [0.15, 0.2) is 29.4 Å². The first-order valence-electron chi connectivity index (χ1n) is 10.2. The summed E-state index contributed by atoms with van der Waals surface area (Å²) in [6.07, 6.45) is 6.05. The van der Waals surface area contributed by atoms with Gasteiger partial charge in [-0.2, -0.15) is 0 Å². The van der Waals surface area contributed by atoms with Gasteiger partial charge in [0.1, 0.15) is 0 Å². The number of carbonyl (C=O) groups is 1. The standard InChI is InChI=1S/C21H32N6O/c1-3-15-5-4-6-18-16(13-25-20(15)18)7-10-24-21(23-2)26-17-8-11-27(12-9-17)14-19(22)28/h4-6,13,17,25H,3,7-12,14H2,1-2H3,(H2,22,28)(H2,23,24,26). The number of H-pyrrole nitrogens is 1. The van der Waals surface area contributed by atoms with Crippen molar-refractivity contribution in [3.8, 4) is 0 Å². The van der Waals surface area contributed by atoms with Crippen molar-refractivity contribution in [2.45, 2.75) is 38.6 Å². The number of guanidine groups is 1. The fraction of sp³-hybridized carbons (Fsp3) is 0.524. The fourth-order valence-electron chi connectivity index (χ4n) is 3.94. The van der Waals surface area contributed by atoms with Crippen molar-refractivity contribution in [2.24, 2.45) is 10.7 Å². The van der Waals surface area contributed by atoms with Gasteiger partial charge in [0, 0.05) is 49.8 Å². The summed E-state index contributed by atoms with van der Waals surface area (Å²) in [4.78, 5) is 20.9. The van der Waals surface area contributed by atoms with Gasteiger partial charge in [-0.1, -0.05) is 25.1 Å². The molecule has 0 spiro atoms. The van der Waals surface area contributed by atoms with Crippen LogP contribution in [-0.4, -0.2) is 61.0 Å². The minimum absolute atomic E-state index is 0.257. The summed E-state index contributed by atoms with van der Waals surface area (Å²) in [7, 11) is 1.80. The number of hydrogen-bond donors (Lipinski definition) is 4. The van der Waals surface area contributed by atoms with Crippen molar-refractivity contribution >= 4 is 22.8 Å². The van der Waals surface area contributed by atoms with Crippen LogP contribution < -0.4 is 16.4 Å². The highest BCUT2D eigenvalue weighted by atomic mass is 16.1. The average Bonchev–Trinajstić information content (AvgIpc) is 3.11. The SMILES string of the molecule is CCc1cccc2c(CCNC(=NC)NC3CCN(CC(N)=O)CC3)c[nH]c12. The molecule has 3 rings (SSSR count). The first-order valence-corrected chi connectivity index (χ1v) is 10.2. The maximum absolute atomic E-state index is 11.0. The van der Waals surface area contributed by atoms with E-state index in [4.69, 9.17) is 5.73 Å². The van der Waals surface area contributed by atoms with Crippen molar-refractivity contribution in [3.63, 3.8) is 0 Å². The van der Waals surface area contributed by atoms with E-state index in [9.17, 15) is 4.79 Å². The molecule has 2 aromatic rings. The molecular weight excluding hydrogens is 352 g/mol. The Labute approximate surface area is 166 Å². The molecule has 1 fully saturated rings. The first kappa shape index (κ1) is 20.2. The minimum atomic E-state index is -0.257. The van der Waals surface area contributed by atoms with Crippen LogP contribution in [0.3, 0.4) is 0 Å². The number of rotatable bonds is 7. The van der Waals surface area contributed by atoms with Crippen LogP contribution in [-0.2, 0) is 17.6 Å². The summed E-state index contributed by atoms with van der Waals surface area (Å²) in [5.41, 5.74) is 9.22. The van der Waals surface area contributed by atoms with Gasteiger partial charge in [-0.3, -0.25) is 14.7 Å². The summed E-state index contributed by atoms with van der Waals surface area (Å²) in [6, 6.07) is 6.88. The zero-order valence-electron chi connectivity index (χ0n) is 16.9. The lowest BCUT2D eigenvalue weighted by Gasteiger charge is -2.32. The third-order valence-corrected chi connectivity index (χ3v) is 5.49. The quantitative estimate of drug-likeness (QED) is 0.428. The third-order valence-electron chi connectivity index (χ3n) is 5.49. The molecule has 1 aliphatic heterocycles. The zero-order chi connectivity index (χ0) is 19.9. The molecule has 1 saturated heterocycles. The number of benzene rings is 1. The van der Waals surface area contributed by atoms with E-state index >= 15 is 0 Å². The molecule has 0 atom stereocenters. The van der Waals surface area contributed by atoms with Gasteiger partial charge in [0.25, 0.3) is 0 Å². The molecule has 28 heavy (non-hydrogen) atoms. The fourth-order valence-corrected chi connectivity index (χ4v) is 3.94. The maximum atomic E-state index is 11.0. The highest BCUT2D eigenvalue weighted by Crippen LogP contribution is 2.22. The molecule has 0 radical (unpaired) electrons. The monoisotopic (exact) mass is 384 g/mol. The van der Waals surface area contributed by atoms with Crippen LogP contribution in [0.2, 0.25) is 0 Å². The second kappa shape index (κ2) is 9.59. The second-order valence-electron chi connectivity index (χ2n) is 7.42. The molecule has 1 aromatic carbocycles. The number of nitrogens with two attached hydrogens (primary N) is 1. The number of primary amides is 1. The Hall–Kier alpha value is -2.54. The molecule has 1 aliphatic rings. The number of carbonyl (C=O) groups excluding carboxylic acids is 1. The highest BCUT2D eigenvalue weighted by molar-refractivity contribution is 5.86. The van der Waals surface area contributed by atoms with E-state index in [1.54, 1.807) is 7.05 Å². The Morgan fingerprint density at radius 2 is 2.11 bits per heavy atom. The van der Waals surface area contributed by atoms with E-state index in [0.717, 1.165) is 51.3 Å². The lowest BCUT2D eigenvalue weighted by Crippen LogP contribution is -2.50. The van der Waals surface area contributed by atoms with Gasteiger partial charge in [-0.25, -0.2) is 0 Å². The molecule has 5 N–H and O–H groups in total. The molecule has 1 aromatic heterocycles. The van der Waals surface area contributed by atoms with Gasteiger partial charge in [0.2, 0.25) is 5.91 Å². The average molecular weight is 385 g/mol. The van der Waals surface area contributed by atoms with Crippen LogP contribution in [0.5, 0.6) is 0 Å². The summed E-state index contributed by atoms with van der Waals surface area (Å²) in [5.74, 6) is 0.578. The van der Waals surface area contributed by atoms with Crippen LogP contribution in [0.4, 0.5) is 0 Å². The van der Waals surface area contributed by atoms with E-state index in [-0.39, 0.29) is 5.91 Å². The molecule has 0 saturated carbocycles. The van der Waals surface area contributed by atoms with E-state index in [1.807, 2.05) is 0 Å². The molecule has 152 valence electrons. The van der Waals surface area contributed by atoms with Crippen molar-refractivity contribution < 1.29 is 4.79 Å². The van der Waals surface area contributed by atoms with Crippen LogP contribution >= 0.6 is 0 Å². The van der Waals surface area contributed by atoms with Crippen LogP contribution in [0, 0.1) is 0 Å². The number of aromatic nitrogens is 1. The number of para-hydroxylation sites is 1. The number of likely N-dealkylation sites (tertiary alicyclic amines) is 1. The van der Waals surface area contributed by atoms with Gasteiger partial charge < -0.3 is 21.4 Å². The zero-order valence-corrected chi connectivity index (χ0v) is 16.9. The summed E-state index contributed by atoms with van der Waals surface area (Å²) < 4.78 is 0. The number of nitrogens with zero attached hydrogens (tertiary/aromatic N) is 2. The Kier molecular flexibility index (Phi) is 6.92. The molecular formula is C21H32N6O. The Morgan fingerprint density at radius 3 is 2.79 bits per heavy atom. The van der Waals surface area contributed by atoms with Gasteiger partial charge in [0.15, 0.2) is 5.96 Å². The molecule has 1 amide bonds. The third kappa shape index (κ3) is 5.04. The normalized spacial score (nSPS) is 16.4. The van der Waals surface area contributed by atoms with Gasteiger partial charge >= 0.3 is 0 Å². The molecule has 0 bridgehead atoms. The van der Waals surface area contributed by atoms with E-state index in [0.29, 0.717) is 12.6 Å². The van der Waals surface area contributed by atoms with Gasteiger partial charge in [-0.05, 0) is 36.8 Å². The Morgan fingerprint density at radius 1 is 1.32 bits per heavy atom. The van der Waals surface area contributed by atoms with Gasteiger partial charge in [0.05, 0.1) is 6.54 Å². The highest BCUT2D eigenvalue weighted by Gasteiger charge is 2.20. The number of fused-ring (bicyclic) bond motifs is 1. The summed E-state index contributed by atoms with van der Waals surface area (Å²) in [6.45, 7) is 5.12. The van der Waals surface area contributed by atoms with E-state index in [2.05, 4.69) is 56.8 Å². The predicted molar refractivity (Wildman–Crippen MR) is 115 cm³/mol. The maximum Gasteiger partial charge on any atom is 0.231 e. The minimum Gasteiger partial charge on any atom is -0.369 e. The largest absolute Gasteiger partial charge is 0.369 e. The molecule has 7 heteroatoms. The lowest BCUT2D eigenvalue weighted by molar-refractivity contribution is -0.119. The summed E-state index contributed by atoms with van der Waals surface area (Å²) >= 11 is 0. The predicted octanol–water partition coefficient (Wildman–Crippen LogP) is 1.39. The van der Waals surface area contributed by atoms with E-state index in [1.165, 1.54) is 22.0 Å². The number of hydrogen-bond acceptors (Lipinski definition) is 3. The lowest BCUT2D eigenvalue weighted by atomic mass is 10.1. The smallest absolute Gasteiger partial charge is 0.231 e. The molecule has 7 nitrogen and oxygen atoms in total. The van der Waals surface area contributed by atoms with Crippen molar-refractivity contribution in [3.05, 3.63) is 35.5 Å². The summed E-state index contributed by atoms with van der Waals surface area (Å²) in [5, 5.41) is 8.24. The van der Waals surface area contributed by atoms with Crippen molar-refractivity contribution in [1.82, 2.24) is 20.5 Å². The number of amides is 1. The van der Waals surface area contributed by atoms with Crippen molar-refractivity contribution in [1.29, 1.82) is 0 Å². The topological polar surface area (TPSA) is 98.5 Å². The number of aryl methyl sites for hydroxylation is 1. The molecule has 2 heterocycles. The molecule has 0 aliphatic carbocycles. The second-order valence-corrected chi connectivity index (χ2v) is 7.42. The number of aromatic amines is 1. The number of aliphatic imine (C=N–C) groups is 1. The van der Waals surface area contributed by atoms with Crippen LogP contribution in [0.25, 0.3) is 10.9 Å². The first-order chi connectivity index (χ1) is 13.6. The van der Waals surface area contributed by atoms with E-state index < -0.39 is 0 Å². The molecule has 0 unspecified atom stereocenters. The van der Waals surface area contributed by atoms with Crippen LogP contribution in [0.1, 0.15) is 30.9 Å². The Bertz CT molecular complexity index is 819. The van der Waals surface area contributed by atoms with Gasteiger partial charge in [-0.15, -0.1) is 0 Å². The number of piperidine rings is 1.